The highest BCUT2D eigenvalue weighted by molar-refractivity contribution is 5.73. The largest absolute Gasteiger partial charge is 0.338 e. The SMILES string of the molecule is Cc1cccc(CCNC(=O)NCCc2nnc3n2CCCCC3)n1. The summed E-state index contributed by atoms with van der Waals surface area (Å²) in [5.74, 6) is 2.06. The van der Waals surface area contributed by atoms with Gasteiger partial charge in [0.25, 0.3) is 0 Å². The number of fused-ring (bicyclic) bond motifs is 1. The van der Waals surface area contributed by atoms with E-state index in [4.69, 9.17) is 0 Å². The van der Waals surface area contributed by atoms with Gasteiger partial charge in [-0.1, -0.05) is 12.5 Å². The molecule has 134 valence electrons. The van der Waals surface area contributed by atoms with E-state index in [1.165, 1.54) is 19.3 Å². The summed E-state index contributed by atoms with van der Waals surface area (Å²) in [6, 6.07) is 5.78. The Morgan fingerprint density at radius 2 is 1.96 bits per heavy atom. The maximum atomic E-state index is 11.9. The third kappa shape index (κ3) is 5.01. The molecule has 0 radical (unpaired) electrons. The second-order valence-corrected chi connectivity index (χ2v) is 6.45. The molecule has 2 N–H and O–H groups in total. The molecule has 7 heteroatoms. The van der Waals surface area contributed by atoms with E-state index < -0.39 is 0 Å². The smallest absolute Gasteiger partial charge is 0.314 e. The predicted molar refractivity (Wildman–Crippen MR) is 95.4 cm³/mol. The minimum Gasteiger partial charge on any atom is -0.338 e. The Morgan fingerprint density at radius 1 is 1.12 bits per heavy atom. The van der Waals surface area contributed by atoms with Crippen LogP contribution in [0.4, 0.5) is 4.79 Å². The Morgan fingerprint density at radius 3 is 2.80 bits per heavy atom. The first-order chi connectivity index (χ1) is 12.2. The molecule has 0 bridgehead atoms. The van der Waals surface area contributed by atoms with Gasteiger partial charge in [0.2, 0.25) is 0 Å². The van der Waals surface area contributed by atoms with E-state index in [1.54, 1.807) is 0 Å². The lowest BCUT2D eigenvalue weighted by Crippen LogP contribution is -2.37. The molecule has 2 aromatic rings. The van der Waals surface area contributed by atoms with Crippen molar-refractivity contribution in [1.29, 1.82) is 0 Å². The lowest BCUT2D eigenvalue weighted by atomic mass is 10.2. The van der Waals surface area contributed by atoms with Gasteiger partial charge >= 0.3 is 6.03 Å². The zero-order chi connectivity index (χ0) is 17.5. The van der Waals surface area contributed by atoms with Crippen LogP contribution in [0.2, 0.25) is 0 Å². The molecule has 0 saturated heterocycles. The van der Waals surface area contributed by atoms with Crippen LogP contribution in [-0.4, -0.2) is 38.9 Å². The molecule has 0 fully saturated rings. The van der Waals surface area contributed by atoms with Crippen LogP contribution < -0.4 is 10.6 Å². The van der Waals surface area contributed by atoms with Crippen LogP contribution in [0.1, 0.15) is 42.3 Å². The second kappa shape index (κ2) is 8.60. The van der Waals surface area contributed by atoms with Crippen molar-refractivity contribution in [2.45, 2.75) is 52.0 Å². The summed E-state index contributed by atoms with van der Waals surface area (Å²) < 4.78 is 2.22. The van der Waals surface area contributed by atoms with E-state index in [0.29, 0.717) is 19.5 Å². The van der Waals surface area contributed by atoms with Crippen molar-refractivity contribution in [2.75, 3.05) is 13.1 Å². The van der Waals surface area contributed by atoms with Crippen molar-refractivity contribution in [3.8, 4) is 0 Å². The quantitative estimate of drug-likeness (QED) is 0.838. The Hall–Kier alpha value is -2.44. The average Bonchev–Trinajstić information content (AvgIpc) is 2.82. The fourth-order valence-corrected chi connectivity index (χ4v) is 3.12. The summed E-state index contributed by atoms with van der Waals surface area (Å²) in [7, 11) is 0. The highest BCUT2D eigenvalue weighted by Gasteiger charge is 2.14. The van der Waals surface area contributed by atoms with Crippen molar-refractivity contribution in [3.63, 3.8) is 0 Å². The summed E-state index contributed by atoms with van der Waals surface area (Å²) in [6.45, 7) is 4.09. The number of nitrogens with zero attached hydrogens (tertiary/aromatic N) is 4. The lowest BCUT2D eigenvalue weighted by Gasteiger charge is -2.09. The topological polar surface area (TPSA) is 84.7 Å². The van der Waals surface area contributed by atoms with Gasteiger partial charge in [0.05, 0.1) is 0 Å². The predicted octanol–water partition coefficient (Wildman–Crippen LogP) is 1.79. The molecule has 3 rings (SSSR count). The molecule has 0 aliphatic carbocycles. The van der Waals surface area contributed by atoms with Crippen molar-refractivity contribution in [2.24, 2.45) is 0 Å². The van der Waals surface area contributed by atoms with Gasteiger partial charge in [-0.3, -0.25) is 4.98 Å². The average molecular weight is 342 g/mol. The van der Waals surface area contributed by atoms with Crippen molar-refractivity contribution < 1.29 is 4.79 Å². The zero-order valence-electron chi connectivity index (χ0n) is 14.8. The molecule has 25 heavy (non-hydrogen) atoms. The Bertz CT molecular complexity index is 711. The van der Waals surface area contributed by atoms with E-state index >= 15 is 0 Å². The molecule has 2 amide bonds. The third-order valence-corrected chi connectivity index (χ3v) is 4.43. The van der Waals surface area contributed by atoms with Crippen LogP contribution >= 0.6 is 0 Å². The van der Waals surface area contributed by atoms with Crippen molar-refractivity contribution in [3.05, 3.63) is 41.2 Å². The van der Waals surface area contributed by atoms with Gasteiger partial charge < -0.3 is 15.2 Å². The molecule has 3 heterocycles. The number of carbonyl (C=O) groups excluding carboxylic acids is 1. The summed E-state index contributed by atoms with van der Waals surface area (Å²) in [5.41, 5.74) is 1.99. The van der Waals surface area contributed by atoms with Crippen LogP contribution in [0.3, 0.4) is 0 Å². The number of pyridine rings is 1. The highest BCUT2D eigenvalue weighted by Crippen LogP contribution is 2.14. The molecule has 2 aromatic heterocycles. The number of urea groups is 1. The first-order valence-corrected chi connectivity index (χ1v) is 9.07. The van der Waals surface area contributed by atoms with Crippen LogP contribution in [0.25, 0.3) is 0 Å². The maximum Gasteiger partial charge on any atom is 0.314 e. The van der Waals surface area contributed by atoms with Gasteiger partial charge in [-0.15, -0.1) is 10.2 Å². The van der Waals surface area contributed by atoms with E-state index in [0.717, 1.165) is 42.4 Å². The number of aryl methyl sites for hydroxylation is 2. The number of amides is 2. The van der Waals surface area contributed by atoms with E-state index in [-0.39, 0.29) is 6.03 Å². The number of aromatic nitrogens is 4. The Labute approximate surface area is 148 Å². The normalized spacial score (nSPS) is 13.8. The molecular weight excluding hydrogens is 316 g/mol. The highest BCUT2D eigenvalue weighted by atomic mass is 16.2. The fourth-order valence-electron chi connectivity index (χ4n) is 3.12. The molecule has 0 atom stereocenters. The molecule has 1 aliphatic rings. The summed E-state index contributed by atoms with van der Waals surface area (Å²) in [4.78, 5) is 16.3. The van der Waals surface area contributed by atoms with Crippen LogP contribution in [0, 0.1) is 6.92 Å². The number of hydrogen-bond donors (Lipinski definition) is 2. The number of rotatable bonds is 6. The van der Waals surface area contributed by atoms with E-state index in [9.17, 15) is 4.79 Å². The van der Waals surface area contributed by atoms with E-state index in [2.05, 4.69) is 30.4 Å². The molecule has 0 unspecified atom stereocenters. The van der Waals surface area contributed by atoms with Crippen LogP contribution in [0.5, 0.6) is 0 Å². The molecule has 0 spiro atoms. The van der Waals surface area contributed by atoms with Crippen molar-refractivity contribution >= 4 is 6.03 Å². The summed E-state index contributed by atoms with van der Waals surface area (Å²) in [5, 5.41) is 14.3. The standard InChI is InChI=1S/C18H26N6O/c1-14-6-5-7-15(21-14)9-11-19-18(25)20-12-10-17-23-22-16-8-3-2-4-13-24(16)17/h5-7H,2-4,8-13H2,1H3,(H2,19,20,25). The lowest BCUT2D eigenvalue weighted by molar-refractivity contribution is 0.241. The van der Waals surface area contributed by atoms with Crippen LogP contribution in [-0.2, 0) is 25.8 Å². The van der Waals surface area contributed by atoms with Gasteiger partial charge in [-0.05, 0) is 31.9 Å². The number of hydrogen-bond acceptors (Lipinski definition) is 4. The van der Waals surface area contributed by atoms with E-state index in [1.807, 2.05) is 25.1 Å². The first kappa shape index (κ1) is 17.4. The van der Waals surface area contributed by atoms with Crippen LogP contribution in [0.15, 0.2) is 18.2 Å². The monoisotopic (exact) mass is 342 g/mol. The van der Waals surface area contributed by atoms with Gasteiger partial charge in [-0.25, -0.2) is 4.79 Å². The molecule has 7 nitrogen and oxygen atoms in total. The molecule has 0 saturated carbocycles. The Balaban J connectivity index is 1.37. The van der Waals surface area contributed by atoms with Gasteiger partial charge in [0.15, 0.2) is 0 Å². The molecule has 0 aromatic carbocycles. The van der Waals surface area contributed by atoms with Crippen molar-refractivity contribution in [1.82, 2.24) is 30.4 Å². The van der Waals surface area contributed by atoms with Gasteiger partial charge in [-0.2, -0.15) is 0 Å². The van der Waals surface area contributed by atoms with Gasteiger partial charge in [0.1, 0.15) is 11.6 Å². The molecule has 1 aliphatic heterocycles. The minimum atomic E-state index is -0.150. The Kier molecular flexibility index (Phi) is 5.98. The first-order valence-electron chi connectivity index (χ1n) is 9.07. The summed E-state index contributed by atoms with van der Waals surface area (Å²) >= 11 is 0. The maximum absolute atomic E-state index is 11.9. The number of carbonyl (C=O) groups is 1. The minimum absolute atomic E-state index is 0.150. The van der Waals surface area contributed by atoms with Gasteiger partial charge in [0, 0.05) is 50.3 Å². The molecular formula is C18H26N6O. The number of nitrogens with one attached hydrogen (secondary N) is 2. The third-order valence-electron chi connectivity index (χ3n) is 4.43. The second-order valence-electron chi connectivity index (χ2n) is 6.45. The summed E-state index contributed by atoms with van der Waals surface area (Å²) in [6.07, 6.45) is 6.06. The zero-order valence-corrected chi connectivity index (χ0v) is 14.8. The fraction of sp³-hybridized carbons (Fsp3) is 0.556.